The molecule has 0 radical (unpaired) electrons. The summed E-state index contributed by atoms with van der Waals surface area (Å²) in [6.45, 7) is 3.96. The monoisotopic (exact) mass is 356 g/mol. The predicted molar refractivity (Wildman–Crippen MR) is 85.6 cm³/mol. The molecule has 0 aliphatic heterocycles. The number of rotatable bonds is 4. The lowest BCUT2D eigenvalue weighted by molar-refractivity contribution is 0.529. The van der Waals surface area contributed by atoms with Crippen LogP contribution in [-0.2, 0) is 13.5 Å². The first-order valence-electron chi connectivity index (χ1n) is 6.34. The molecule has 0 fully saturated rings. The molecule has 2 aromatic rings. The van der Waals surface area contributed by atoms with E-state index < -0.39 is 0 Å². The number of benzene rings is 1. The summed E-state index contributed by atoms with van der Waals surface area (Å²) in [7, 11) is 1.93. The summed E-state index contributed by atoms with van der Waals surface area (Å²) in [5, 5.41) is 5.15. The third-order valence-electron chi connectivity index (χ3n) is 3.46. The molecule has 0 aliphatic rings. The SMILES string of the molecule is Cc1ccc(C(Cc2c(Br)c(C)nn2C)NN)cc1Cl. The number of aromatic nitrogens is 2. The van der Waals surface area contributed by atoms with Gasteiger partial charge in [-0.1, -0.05) is 23.7 Å². The highest BCUT2D eigenvalue weighted by atomic mass is 79.9. The smallest absolute Gasteiger partial charge is 0.0738 e. The van der Waals surface area contributed by atoms with Crippen molar-refractivity contribution in [3.63, 3.8) is 0 Å². The van der Waals surface area contributed by atoms with E-state index in [0.717, 1.165) is 38.4 Å². The lowest BCUT2D eigenvalue weighted by atomic mass is 10.0. The number of hydrogen-bond donors (Lipinski definition) is 2. The molecule has 1 heterocycles. The number of nitrogens with two attached hydrogens (primary N) is 1. The molecule has 3 N–H and O–H groups in total. The first-order chi connectivity index (χ1) is 9.43. The van der Waals surface area contributed by atoms with Gasteiger partial charge in [-0.05, 0) is 47.0 Å². The molecule has 108 valence electrons. The van der Waals surface area contributed by atoms with E-state index in [2.05, 4.69) is 26.5 Å². The van der Waals surface area contributed by atoms with Crippen LogP contribution in [0.2, 0.25) is 5.02 Å². The van der Waals surface area contributed by atoms with E-state index in [-0.39, 0.29) is 6.04 Å². The van der Waals surface area contributed by atoms with Crippen molar-refractivity contribution in [2.75, 3.05) is 0 Å². The van der Waals surface area contributed by atoms with Crippen LogP contribution in [0.5, 0.6) is 0 Å². The van der Waals surface area contributed by atoms with Gasteiger partial charge in [-0.15, -0.1) is 0 Å². The third kappa shape index (κ3) is 3.06. The summed E-state index contributed by atoms with van der Waals surface area (Å²) in [5.74, 6) is 5.71. The van der Waals surface area contributed by atoms with E-state index in [1.165, 1.54) is 0 Å². The lowest BCUT2D eigenvalue weighted by Gasteiger charge is -2.17. The summed E-state index contributed by atoms with van der Waals surface area (Å²) >= 11 is 9.77. The molecule has 0 aliphatic carbocycles. The fourth-order valence-electron chi connectivity index (χ4n) is 2.19. The number of nitrogens with one attached hydrogen (secondary N) is 1. The molecule has 0 bridgehead atoms. The van der Waals surface area contributed by atoms with E-state index in [1.54, 1.807) is 0 Å². The molecule has 1 aromatic heterocycles. The van der Waals surface area contributed by atoms with Gasteiger partial charge in [0.2, 0.25) is 0 Å². The first-order valence-corrected chi connectivity index (χ1v) is 7.51. The number of nitrogens with zero attached hydrogens (tertiary/aromatic N) is 2. The zero-order valence-corrected chi connectivity index (χ0v) is 14.1. The fraction of sp³-hybridized carbons (Fsp3) is 0.357. The highest BCUT2D eigenvalue weighted by Gasteiger charge is 2.18. The van der Waals surface area contributed by atoms with Gasteiger partial charge in [-0.2, -0.15) is 5.10 Å². The van der Waals surface area contributed by atoms with Crippen LogP contribution in [-0.4, -0.2) is 9.78 Å². The minimum Gasteiger partial charge on any atom is -0.271 e. The average molecular weight is 358 g/mol. The van der Waals surface area contributed by atoms with E-state index in [0.29, 0.717) is 0 Å². The molecule has 2 rings (SSSR count). The van der Waals surface area contributed by atoms with Crippen molar-refractivity contribution in [2.45, 2.75) is 26.3 Å². The van der Waals surface area contributed by atoms with Gasteiger partial charge in [-0.25, -0.2) is 0 Å². The normalized spacial score (nSPS) is 12.7. The van der Waals surface area contributed by atoms with E-state index in [1.807, 2.05) is 43.8 Å². The molecule has 1 atom stereocenters. The summed E-state index contributed by atoms with van der Waals surface area (Å²) in [4.78, 5) is 0. The van der Waals surface area contributed by atoms with Crippen molar-refractivity contribution < 1.29 is 0 Å². The van der Waals surface area contributed by atoms with Gasteiger partial charge >= 0.3 is 0 Å². The van der Waals surface area contributed by atoms with E-state index in [4.69, 9.17) is 17.4 Å². The second-order valence-corrected chi connectivity index (χ2v) is 6.10. The van der Waals surface area contributed by atoms with Crippen LogP contribution in [0.3, 0.4) is 0 Å². The number of hydrogen-bond acceptors (Lipinski definition) is 3. The molecule has 20 heavy (non-hydrogen) atoms. The van der Waals surface area contributed by atoms with Crippen molar-refractivity contribution in [2.24, 2.45) is 12.9 Å². The van der Waals surface area contributed by atoms with Gasteiger partial charge in [0.15, 0.2) is 0 Å². The van der Waals surface area contributed by atoms with Crippen LogP contribution in [0.4, 0.5) is 0 Å². The second kappa shape index (κ2) is 6.26. The van der Waals surface area contributed by atoms with Crippen molar-refractivity contribution in [3.05, 3.63) is 50.2 Å². The van der Waals surface area contributed by atoms with E-state index >= 15 is 0 Å². The second-order valence-electron chi connectivity index (χ2n) is 4.90. The van der Waals surface area contributed by atoms with E-state index in [9.17, 15) is 0 Å². The molecule has 0 saturated heterocycles. The van der Waals surface area contributed by atoms with Crippen LogP contribution in [0.25, 0.3) is 0 Å². The maximum atomic E-state index is 6.19. The molecular weight excluding hydrogens is 340 g/mol. The predicted octanol–water partition coefficient (Wildman–Crippen LogP) is 3.20. The molecule has 1 aromatic carbocycles. The molecule has 1 unspecified atom stereocenters. The Bertz CT molecular complexity index is 624. The summed E-state index contributed by atoms with van der Waals surface area (Å²) in [6.07, 6.45) is 0.730. The molecule has 0 spiro atoms. The van der Waals surface area contributed by atoms with Gasteiger partial charge in [0.25, 0.3) is 0 Å². The van der Waals surface area contributed by atoms with Crippen LogP contribution in [0.15, 0.2) is 22.7 Å². The standard InChI is InChI=1S/C14H18BrClN4/c1-8-4-5-10(6-11(8)16)12(18-17)7-13-14(15)9(2)19-20(13)3/h4-6,12,18H,7,17H2,1-3H3. The molecular formula is C14H18BrClN4. The summed E-state index contributed by atoms with van der Waals surface area (Å²) < 4.78 is 2.90. The maximum absolute atomic E-state index is 6.19. The Hall–Kier alpha value is -0.880. The van der Waals surface area contributed by atoms with Gasteiger partial charge in [-0.3, -0.25) is 16.0 Å². The first kappa shape index (κ1) is 15.5. The van der Waals surface area contributed by atoms with Gasteiger partial charge in [0.05, 0.1) is 21.9 Å². The molecule has 6 heteroatoms. The van der Waals surface area contributed by atoms with Crippen LogP contribution < -0.4 is 11.3 Å². The quantitative estimate of drug-likeness (QED) is 0.652. The Balaban J connectivity index is 2.31. The Labute approximate surface area is 132 Å². The van der Waals surface area contributed by atoms with Crippen molar-refractivity contribution >= 4 is 27.5 Å². The van der Waals surface area contributed by atoms with Crippen molar-refractivity contribution in [1.29, 1.82) is 0 Å². The minimum atomic E-state index is -0.0146. The Morgan fingerprint density at radius 2 is 2.15 bits per heavy atom. The Morgan fingerprint density at radius 1 is 1.45 bits per heavy atom. The molecule has 4 nitrogen and oxygen atoms in total. The van der Waals surface area contributed by atoms with Crippen LogP contribution in [0.1, 0.15) is 28.6 Å². The zero-order valence-electron chi connectivity index (χ0n) is 11.7. The average Bonchev–Trinajstić information content (AvgIpc) is 2.65. The van der Waals surface area contributed by atoms with Crippen molar-refractivity contribution in [3.8, 4) is 0 Å². The van der Waals surface area contributed by atoms with Crippen molar-refractivity contribution in [1.82, 2.24) is 15.2 Å². The summed E-state index contributed by atoms with van der Waals surface area (Å²) in [5.41, 5.74) is 7.05. The highest BCUT2D eigenvalue weighted by Crippen LogP contribution is 2.27. The number of aryl methyl sites for hydroxylation is 3. The fourth-order valence-corrected chi connectivity index (χ4v) is 2.88. The van der Waals surface area contributed by atoms with Gasteiger partial charge in [0.1, 0.15) is 0 Å². The van der Waals surface area contributed by atoms with Crippen LogP contribution >= 0.6 is 27.5 Å². The molecule has 0 saturated carbocycles. The zero-order chi connectivity index (χ0) is 14.9. The van der Waals surface area contributed by atoms with Gasteiger partial charge in [0, 0.05) is 18.5 Å². The summed E-state index contributed by atoms with van der Waals surface area (Å²) in [6, 6.07) is 5.99. The minimum absolute atomic E-state index is 0.0146. The third-order valence-corrected chi connectivity index (χ3v) is 4.90. The van der Waals surface area contributed by atoms with Gasteiger partial charge < -0.3 is 0 Å². The maximum Gasteiger partial charge on any atom is 0.0738 e. The Morgan fingerprint density at radius 3 is 2.65 bits per heavy atom. The lowest BCUT2D eigenvalue weighted by Crippen LogP contribution is -2.30. The topological polar surface area (TPSA) is 55.9 Å². The number of hydrazine groups is 1. The molecule has 0 amide bonds. The highest BCUT2D eigenvalue weighted by molar-refractivity contribution is 9.10. The Kier molecular flexibility index (Phi) is 4.86. The largest absolute Gasteiger partial charge is 0.271 e. The van der Waals surface area contributed by atoms with Crippen LogP contribution in [0, 0.1) is 13.8 Å². The number of halogens is 2.